The third kappa shape index (κ3) is 15.7. The van der Waals surface area contributed by atoms with Crippen LogP contribution in [0.1, 0.15) is 142 Å². The number of unbranched alkanes of at least 4 members (excludes halogenated alkanes) is 18. The van der Waals surface area contributed by atoms with Crippen molar-refractivity contribution in [3.05, 3.63) is 12.2 Å². The molecule has 174 valence electrons. The number of hydrogen-bond acceptors (Lipinski definition) is 3. The van der Waals surface area contributed by atoms with Crippen molar-refractivity contribution < 1.29 is 14.3 Å². The molecule has 1 aliphatic heterocycles. The first kappa shape index (κ1) is 26.9. The van der Waals surface area contributed by atoms with Crippen LogP contribution in [0.2, 0.25) is 0 Å². The van der Waals surface area contributed by atoms with Crippen LogP contribution in [0.4, 0.5) is 0 Å². The maximum Gasteiger partial charge on any atom is 0.320 e. The maximum absolute atomic E-state index is 11.5. The highest BCUT2D eigenvalue weighted by atomic mass is 16.6. The molecular weight excluding hydrogens is 372 g/mol. The topological polar surface area (TPSA) is 43.4 Å². The lowest BCUT2D eigenvalue weighted by Crippen LogP contribution is -2.26. The van der Waals surface area contributed by atoms with E-state index in [9.17, 15) is 9.59 Å². The van der Waals surface area contributed by atoms with E-state index in [4.69, 9.17) is 0 Å². The Balaban J connectivity index is 1.74. The molecule has 1 heterocycles. The van der Waals surface area contributed by atoms with Crippen LogP contribution in [0, 0.1) is 5.92 Å². The number of rotatable bonds is 20. The molecule has 0 bridgehead atoms. The van der Waals surface area contributed by atoms with Gasteiger partial charge in [0.05, 0.1) is 5.92 Å². The number of esters is 2. The van der Waals surface area contributed by atoms with Gasteiger partial charge in [0.2, 0.25) is 0 Å². The fraction of sp³-hybridized carbons (Fsp3) is 0.852. The van der Waals surface area contributed by atoms with Crippen molar-refractivity contribution in [3.8, 4) is 0 Å². The van der Waals surface area contributed by atoms with Crippen LogP contribution in [0.15, 0.2) is 12.2 Å². The summed E-state index contributed by atoms with van der Waals surface area (Å²) in [5, 5.41) is 0. The summed E-state index contributed by atoms with van der Waals surface area (Å²) in [7, 11) is 0. The molecule has 0 aromatic carbocycles. The minimum atomic E-state index is -0.381. The summed E-state index contributed by atoms with van der Waals surface area (Å²) < 4.78 is 4.66. The van der Waals surface area contributed by atoms with Crippen molar-refractivity contribution >= 4 is 11.9 Å². The molecule has 0 amide bonds. The average Bonchev–Trinajstić information content (AvgIpc) is 2.73. The average molecular weight is 421 g/mol. The first-order valence-electron chi connectivity index (χ1n) is 13.1. The van der Waals surface area contributed by atoms with E-state index in [1.54, 1.807) is 0 Å². The molecule has 3 heteroatoms. The van der Waals surface area contributed by atoms with Crippen LogP contribution in [0.3, 0.4) is 0 Å². The maximum atomic E-state index is 11.5. The van der Waals surface area contributed by atoms with E-state index in [0.29, 0.717) is 12.8 Å². The van der Waals surface area contributed by atoms with Gasteiger partial charge < -0.3 is 4.74 Å². The normalized spacial score (nSPS) is 17.0. The Morgan fingerprint density at radius 1 is 0.700 bits per heavy atom. The highest BCUT2D eigenvalue weighted by molar-refractivity contribution is 5.90. The Morgan fingerprint density at radius 3 is 1.57 bits per heavy atom. The summed E-state index contributed by atoms with van der Waals surface area (Å²) in [6.07, 6.45) is 31.1. The molecule has 1 fully saturated rings. The summed E-state index contributed by atoms with van der Waals surface area (Å²) in [5.74, 6) is -0.966. The lowest BCUT2D eigenvalue weighted by molar-refractivity contribution is -0.165. The van der Waals surface area contributed by atoms with E-state index in [0.717, 1.165) is 6.42 Å². The van der Waals surface area contributed by atoms with E-state index >= 15 is 0 Å². The first-order chi connectivity index (χ1) is 14.7. The SMILES string of the molecule is CCCCCCCCCCCCCCCCCCCCC=CC1CCC(=O)OC1=O. The lowest BCUT2D eigenvalue weighted by Gasteiger charge is -2.15. The minimum absolute atomic E-state index is 0.210. The van der Waals surface area contributed by atoms with Crippen molar-refractivity contribution in [1.82, 2.24) is 0 Å². The van der Waals surface area contributed by atoms with Gasteiger partial charge in [-0.1, -0.05) is 128 Å². The van der Waals surface area contributed by atoms with Crippen LogP contribution >= 0.6 is 0 Å². The van der Waals surface area contributed by atoms with Gasteiger partial charge in [-0.15, -0.1) is 0 Å². The fourth-order valence-electron chi connectivity index (χ4n) is 4.23. The highest BCUT2D eigenvalue weighted by Gasteiger charge is 2.26. The van der Waals surface area contributed by atoms with Gasteiger partial charge in [-0.3, -0.25) is 9.59 Å². The second-order valence-corrected chi connectivity index (χ2v) is 9.17. The van der Waals surface area contributed by atoms with Crippen molar-refractivity contribution in [2.75, 3.05) is 0 Å². The predicted octanol–water partition coefficient (Wildman–Crippen LogP) is 8.45. The molecule has 0 spiro atoms. The van der Waals surface area contributed by atoms with Crippen LogP contribution < -0.4 is 0 Å². The molecule has 1 saturated heterocycles. The van der Waals surface area contributed by atoms with Gasteiger partial charge in [0, 0.05) is 6.42 Å². The van der Waals surface area contributed by atoms with Gasteiger partial charge in [0.1, 0.15) is 0 Å². The van der Waals surface area contributed by atoms with Crippen LogP contribution in [0.5, 0.6) is 0 Å². The Kier molecular flexibility index (Phi) is 17.8. The van der Waals surface area contributed by atoms with Gasteiger partial charge in [-0.05, 0) is 19.3 Å². The van der Waals surface area contributed by atoms with Crippen LogP contribution in [-0.2, 0) is 14.3 Å². The molecule has 0 aromatic heterocycles. The molecule has 1 unspecified atom stereocenters. The number of allylic oxidation sites excluding steroid dienone is 1. The second-order valence-electron chi connectivity index (χ2n) is 9.17. The number of hydrogen-bond donors (Lipinski definition) is 0. The summed E-state index contributed by atoms with van der Waals surface area (Å²) in [4.78, 5) is 22.6. The van der Waals surface area contributed by atoms with E-state index in [2.05, 4.69) is 17.7 Å². The number of carbonyl (C=O) groups excluding carboxylic acids is 2. The van der Waals surface area contributed by atoms with E-state index in [1.807, 2.05) is 6.08 Å². The lowest BCUT2D eigenvalue weighted by atomic mass is 9.99. The Labute approximate surface area is 186 Å². The minimum Gasteiger partial charge on any atom is -0.393 e. The number of cyclic esters (lactones) is 2. The highest BCUT2D eigenvalue weighted by Crippen LogP contribution is 2.18. The summed E-state index contributed by atoms with van der Waals surface area (Å²) in [5.41, 5.74) is 0. The zero-order valence-electron chi connectivity index (χ0n) is 19.8. The Morgan fingerprint density at radius 2 is 1.13 bits per heavy atom. The molecular formula is C27H48O3. The van der Waals surface area contributed by atoms with Crippen molar-refractivity contribution in [2.45, 2.75) is 142 Å². The standard InChI is InChI=1S/C27H48O3/c1-2-3-4-5-6-7-8-9-10-11-12-13-14-15-16-17-18-19-20-21-22-25-23-24-26(28)30-27(25)29/h21-22,25H,2-20,23-24H2,1H3. The number of ether oxygens (including phenoxy) is 1. The van der Waals surface area contributed by atoms with Gasteiger partial charge in [0.25, 0.3) is 0 Å². The fourth-order valence-corrected chi connectivity index (χ4v) is 4.23. The molecule has 1 aliphatic rings. The quantitative estimate of drug-likeness (QED) is 0.0858. The third-order valence-electron chi connectivity index (χ3n) is 6.27. The van der Waals surface area contributed by atoms with Gasteiger partial charge >= 0.3 is 11.9 Å². The zero-order valence-corrected chi connectivity index (χ0v) is 19.8. The van der Waals surface area contributed by atoms with E-state index < -0.39 is 0 Å². The van der Waals surface area contributed by atoms with Gasteiger partial charge in [0.15, 0.2) is 0 Å². The molecule has 0 aromatic rings. The predicted molar refractivity (Wildman–Crippen MR) is 126 cm³/mol. The van der Waals surface area contributed by atoms with Crippen molar-refractivity contribution in [2.24, 2.45) is 5.92 Å². The first-order valence-corrected chi connectivity index (χ1v) is 13.1. The molecule has 0 radical (unpaired) electrons. The molecule has 1 rings (SSSR count). The van der Waals surface area contributed by atoms with Gasteiger partial charge in [-0.2, -0.15) is 0 Å². The summed E-state index contributed by atoms with van der Waals surface area (Å²) in [6.45, 7) is 2.28. The summed E-state index contributed by atoms with van der Waals surface area (Å²) in [6, 6.07) is 0. The Hall–Kier alpha value is -1.12. The largest absolute Gasteiger partial charge is 0.393 e. The monoisotopic (exact) mass is 420 g/mol. The second kappa shape index (κ2) is 19.8. The molecule has 0 N–H and O–H groups in total. The number of carbonyl (C=O) groups is 2. The molecule has 0 saturated carbocycles. The summed E-state index contributed by atoms with van der Waals surface area (Å²) >= 11 is 0. The van der Waals surface area contributed by atoms with Crippen LogP contribution in [0.25, 0.3) is 0 Å². The molecule has 1 atom stereocenters. The molecule has 0 aliphatic carbocycles. The van der Waals surface area contributed by atoms with Crippen molar-refractivity contribution in [1.29, 1.82) is 0 Å². The third-order valence-corrected chi connectivity index (χ3v) is 6.27. The zero-order chi connectivity index (χ0) is 21.7. The molecule has 3 nitrogen and oxygen atoms in total. The smallest absolute Gasteiger partial charge is 0.320 e. The van der Waals surface area contributed by atoms with E-state index in [-0.39, 0.29) is 17.9 Å². The van der Waals surface area contributed by atoms with E-state index in [1.165, 1.54) is 116 Å². The van der Waals surface area contributed by atoms with Gasteiger partial charge in [-0.25, -0.2) is 0 Å². The Bertz CT molecular complexity index is 455. The molecule has 30 heavy (non-hydrogen) atoms. The van der Waals surface area contributed by atoms with Crippen molar-refractivity contribution in [3.63, 3.8) is 0 Å². The van der Waals surface area contributed by atoms with Crippen LogP contribution in [-0.4, -0.2) is 11.9 Å².